The Morgan fingerprint density at radius 2 is 0.734 bits per heavy atom. The van der Waals surface area contributed by atoms with Crippen molar-refractivity contribution in [3.05, 3.63) is 0 Å². The smallest absolute Gasteiger partial charge is 0.364 e. The summed E-state index contributed by atoms with van der Waals surface area (Å²) in [7, 11) is 0. The van der Waals surface area contributed by atoms with Crippen LogP contribution >= 0.6 is 0 Å². The summed E-state index contributed by atoms with van der Waals surface area (Å²) >= 11 is 0. The van der Waals surface area contributed by atoms with Gasteiger partial charge in [-0.2, -0.15) is 0 Å². The number of aliphatic hydroxyl groups is 17. The molecular formula is C87H156N4O37. The Hall–Kier alpha value is -4.79. The standard InChI is InChI=1S/C87H156N4O37/c1-6-8-10-12-14-16-18-20-21-22-23-24-25-26-27-29-31-33-35-37-39-41-64(105)91-54(55(100)40-38-36-34-32-30-28-19-17-15-13-11-9-7-2)50-119-80-73(111)72(110)75(63(49-96)121-80)122-81-74(112)79(69(107)60(46-93)120-81)128-87(84(117)118)44-58(103)67(90-53(5)99)78(127-87)71(109)62(48-95)124-86(83(115)116)43-57(102)66(89-52(4)98)77(126-86)70(108)61(47-94)123-85(82(113)114)42-56(101)65(88-51(3)97)76(125-85)68(106)59(104)45-92/h54-63,65-81,92-96,100-104,106-112H,6-50H2,1-5H3,(H,88,97)(H,89,98)(H,90,99)(H,91,105)(H,113,114)(H,115,116)(H,117,118). The summed E-state index contributed by atoms with van der Waals surface area (Å²) < 4.78 is 58.4. The Morgan fingerprint density at radius 3 is 1.09 bits per heavy atom. The van der Waals surface area contributed by atoms with E-state index in [1.807, 2.05) is 0 Å². The highest BCUT2D eigenvalue weighted by Gasteiger charge is 2.64. The van der Waals surface area contributed by atoms with Crippen LogP contribution in [0.1, 0.15) is 285 Å². The largest absolute Gasteiger partial charge is 0.477 e. The molecule has 5 fully saturated rings. The maximum atomic E-state index is 13.8. The Balaban J connectivity index is 1.31. The van der Waals surface area contributed by atoms with Crippen LogP contribution in [0.2, 0.25) is 0 Å². The fourth-order valence-corrected chi connectivity index (χ4v) is 17.5. The lowest BCUT2D eigenvalue weighted by molar-refractivity contribution is -0.388. The second-order valence-corrected chi connectivity index (χ2v) is 35.3. The topological polar surface area (TPSA) is 665 Å². The number of aliphatic carboxylic acids is 3. The van der Waals surface area contributed by atoms with E-state index >= 15 is 0 Å². The van der Waals surface area contributed by atoms with Crippen molar-refractivity contribution >= 4 is 41.5 Å². The number of hydrogen-bond acceptors (Lipinski definition) is 34. The molecule has 0 aromatic rings. The first-order valence-electron chi connectivity index (χ1n) is 46.7. The van der Waals surface area contributed by atoms with Crippen molar-refractivity contribution in [1.82, 2.24) is 21.3 Å². The third-order valence-corrected chi connectivity index (χ3v) is 24.8. The van der Waals surface area contributed by atoms with Crippen LogP contribution < -0.4 is 21.3 Å². The number of amides is 4. The van der Waals surface area contributed by atoms with E-state index in [1.165, 1.54) is 141 Å². The second-order valence-electron chi connectivity index (χ2n) is 35.3. The van der Waals surface area contributed by atoms with E-state index in [0.29, 0.717) is 12.8 Å². The van der Waals surface area contributed by atoms with Gasteiger partial charge < -0.3 is 171 Å². The first kappa shape index (κ1) is 114. The summed E-state index contributed by atoms with van der Waals surface area (Å²) in [5.74, 6) is -20.5. The number of carboxylic acid groups (broad SMARTS) is 3. The quantitative estimate of drug-likeness (QED) is 0.0359. The van der Waals surface area contributed by atoms with Gasteiger partial charge in [0.1, 0.15) is 104 Å². The van der Waals surface area contributed by atoms with E-state index in [2.05, 4.69) is 35.1 Å². The minimum atomic E-state index is -3.57. The highest BCUT2D eigenvalue weighted by Crippen LogP contribution is 2.43. The van der Waals surface area contributed by atoms with Crippen LogP contribution in [0.15, 0.2) is 0 Å². The van der Waals surface area contributed by atoms with Crippen LogP contribution in [0, 0.1) is 0 Å². The Kier molecular flexibility index (Phi) is 52.6. The molecule has 0 aromatic heterocycles. The van der Waals surface area contributed by atoms with E-state index in [0.717, 1.165) is 85.0 Å². The number of carbonyl (C=O) groups excluding carboxylic acids is 4. The van der Waals surface area contributed by atoms with E-state index in [1.54, 1.807) is 0 Å². The molecule has 30 unspecified atom stereocenters. The first-order chi connectivity index (χ1) is 61.0. The predicted octanol–water partition coefficient (Wildman–Crippen LogP) is 0.0776. The zero-order valence-electron chi connectivity index (χ0n) is 75.3. The summed E-state index contributed by atoms with van der Waals surface area (Å²) in [6.07, 6.45) is -15.8. The van der Waals surface area contributed by atoms with Crippen LogP contribution in [0.3, 0.4) is 0 Å². The average Bonchev–Trinajstić information content (AvgIpc) is 0.748. The van der Waals surface area contributed by atoms with Crippen molar-refractivity contribution in [3.63, 3.8) is 0 Å². The second kappa shape index (κ2) is 59.2. The lowest BCUT2D eigenvalue weighted by atomic mass is 9.86. The molecule has 5 saturated heterocycles. The monoisotopic (exact) mass is 1850 g/mol. The lowest BCUT2D eigenvalue weighted by Crippen LogP contribution is -2.72. The molecular weight excluding hydrogens is 1690 g/mol. The van der Waals surface area contributed by atoms with E-state index in [-0.39, 0.29) is 18.7 Å². The molecule has 746 valence electrons. The van der Waals surface area contributed by atoms with Gasteiger partial charge in [0, 0.05) is 46.5 Å². The average molecular weight is 1850 g/mol. The molecule has 0 spiro atoms. The maximum absolute atomic E-state index is 13.8. The summed E-state index contributed by atoms with van der Waals surface area (Å²) in [5.41, 5.74) is 0. The summed E-state index contributed by atoms with van der Waals surface area (Å²) in [5, 5.41) is 235. The number of aliphatic hydroxyl groups excluding tert-OH is 17. The highest BCUT2D eigenvalue weighted by atomic mass is 16.8. The fourth-order valence-electron chi connectivity index (χ4n) is 17.5. The number of hydrogen-bond donors (Lipinski definition) is 24. The van der Waals surface area contributed by atoms with Crippen molar-refractivity contribution in [3.8, 4) is 0 Å². The fraction of sp³-hybridized carbons (Fsp3) is 0.920. The predicted molar refractivity (Wildman–Crippen MR) is 452 cm³/mol. The minimum Gasteiger partial charge on any atom is -0.477 e. The lowest BCUT2D eigenvalue weighted by Gasteiger charge is -2.51. The molecule has 0 saturated carbocycles. The highest BCUT2D eigenvalue weighted by molar-refractivity contribution is 5.79. The molecule has 5 aliphatic rings. The summed E-state index contributed by atoms with van der Waals surface area (Å²) in [6.45, 7) is 0.0380. The normalized spacial score (nSPS) is 31.7. The number of carboxylic acids is 3. The number of unbranched alkanes of at least 4 members (excludes halogenated alkanes) is 32. The van der Waals surface area contributed by atoms with E-state index in [9.17, 15) is 136 Å². The molecule has 128 heavy (non-hydrogen) atoms. The Morgan fingerprint density at radius 1 is 0.391 bits per heavy atom. The van der Waals surface area contributed by atoms with Gasteiger partial charge in [-0.15, -0.1) is 0 Å². The van der Waals surface area contributed by atoms with Gasteiger partial charge in [0.2, 0.25) is 23.6 Å². The Labute approximate surface area is 749 Å². The molecule has 30 atom stereocenters. The molecule has 24 N–H and O–H groups in total. The van der Waals surface area contributed by atoms with Crippen molar-refractivity contribution in [2.45, 2.75) is 467 Å². The van der Waals surface area contributed by atoms with Crippen LogP contribution in [0.25, 0.3) is 0 Å². The molecule has 0 aliphatic carbocycles. The number of ether oxygens (including phenoxy) is 10. The van der Waals surface area contributed by atoms with Gasteiger partial charge in [-0.25, -0.2) is 14.4 Å². The molecule has 41 heteroatoms. The van der Waals surface area contributed by atoms with Crippen molar-refractivity contribution in [1.29, 1.82) is 0 Å². The molecule has 5 heterocycles. The first-order valence-corrected chi connectivity index (χ1v) is 46.7. The van der Waals surface area contributed by atoms with E-state index in [4.69, 9.17) is 47.4 Å². The number of carbonyl (C=O) groups is 7. The van der Waals surface area contributed by atoms with Gasteiger partial charge in [0.15, 0.2) is 12.6 Å². The number of rotatable bonds is 66. The molecule has 0 bridgehead atoms. The van der Waals surface area contributed by atoms with E-state index < -0.39 is 277 Å². The van der Waals surface area contributed by atoms with Gasteiger partial charge >= 0.3 is 17.9 Å². The third kappa shape index (κ3) is 35.2. The molecule has 41 nitrogen and oxygen atoms in total. The minimum absolute atomic E-state index is 0.147. The summed E-state index contributed by atoms with van der Waals surface area (Å²) in [4.78, 5) is 92.3. The van der Waals surface area contributed by atoms with Crippen LogP contribution in [-0.2, 0) is 80.9 Å². The molecule has 5 rings (SSSR count). The van der Waals surface area contributed by atoms with Gasteiger partial charge in [-0.05, 0) is 12.8 Å². The zero-order chi connectivity index (χ0) is 94.8. The van der Waals surface area contributed by atoms with Gasteiger partial charge in [0.25, 0.3) is 17.4 Å². The summed E-state index contributed by atoms with van der Waals surface area (Å²) in [6, 6.07) is -6.93. The Bertz CT molecular complexity index is 3160. The van der Waals surface area contributed by atoms with Crippen molar-refractivity contribution in [2.75, 3.05) is 39.6 Å². The van der Waals surface area contributed by atoms with Crippen LogP contribution in [-0.4, -0.2) is 366 Å². The molecule has 0 aromatic carbocycles. The van der Waals surface area contributed by atoms with Gasteiger partial charge in [-0.3, -0.25) is 19.2 Å². The third-order valence-electron chi connectivity index (χ3n) is 24.8. The van der Waals surface area contributed by atoms with Crippen molar-refractivity contribution in [2.24, 2.45) is 0 Å². The molecule has 4 amide bonds. The molecule has 5 aliphatic heterocycles. The van der Waals surface area contributed by atoms with Gasteiger partial charge in [-0.1, -0.05) is 226 Å². The van der Waals surface area contributed by atoms with Crippen molar-refractivity contribution < 1.29 is 183 Å². The van der Waals surface area contributed by atoms with Crippen LogP contribution in [0.4, 0.5) is 0 Å². The van der Waals surface area contributed by atoms with Gasteiger partial charge in [0.05, 0.1) is 88.2 Å². The zero-order valence-corrected chi connectivity index (χ0v) is 75.3. The maximum Gasteiger partial charge on any atom is 0.364 e. The molecule has 0 radical (unpaired) electrons. The SMILES string of the molecule is CCCCCCCCCCCCCCCCCCCCCCCC(=O)NC(COC1OC(CO)C(OC2OC(CO)C(O)C(OC3(C(=O)O)CC(O)C(NC(C)=O)C(C(O)C(CO)OC4(C(=O)O)CC(O)C(NC(C)=O)C(C(O)C(CO)OC5(C(=O)O)CC(O)C(NC(C)=O)C(C(O)C(O)CO)O5)O4)O3)C2O)C(O)C1O)C(O)CCCCCCCCCCCCCCC. The number of nitrogens with one attached hydrogen (secondary N) is 4. The van der Waals surface area contributed by atoms with Crippen LogP contribution in [0.5, 0.6) is 0 Å².